The summed E-state index contributed by atoms with van der Waals surface area (Å²) in [6.45, 7) is 3.09. The van der Waals surface area contributed by atoms with Crippen LogP contribution in [0.4, 0.5) is 5.69 Å². The Morgan fingerprint density at radius 3 is 2.93 bits per heavy atom. The predicted molar refractivity (Wildman–Crippen MR) is 55.1 cm³/mol. The van der Waals surface area contributed by atoms with Gasteiger partial charge in [-0.05, 0) is 23.8 Å². The maximum atomic E-state index is 10.8. The van der Waals surface area contributed by atoms with Crippen LogP contribution in [0.5, 0.6) is 0 Å². The van der Waals surface area contributed by atoms with Crippen molar-refractivity contribution in [2.45, 2.75) is 12.8 Å². The molecule has 0 spiro atoms. The molecule has 0 aliphatic carbocycles. The molecule has 0 fully saturated rings. The van der Waals surface area contributed by atoms with Crippen LogP contribution in [0.15, 0.2) is 18.2 Å². The third-order valence-electron chi connectivity index (χ3n) is 2.76. The third kappa shape index (κ3) is 1.25. The molecule has 0 saturated carbocycles. The fourth-order valence-electron chi connectivity index (χ4n) is 2.04. The molecule has 1 unspecified atom stereocenters. The summed E-state index contributed by atoms with van der Waals surface area (Å²) in [5.74, 6) is -0.427. The largest absolute Gasteiger partial charge is 0.478 e. The monoisotopic (exact) mass is 191 g/mol. The maximum absolute atomic E-state index is 10.8. The van der Waals surface area contributed by atoms with Gasteiger partial charge in [-0.2, -0.15) is 0 Å². The predicted octanol–water partition coefficient (Wildman–Crippen LogP) is 1.94. The van der Waals surface area contributed by atoms with Gasteiger partial charge in [0, 0.05) is 25.2 Å². The molecule has 1 aromatic carbocycles. The van der Waals surface area contributed by atoms with E-state index in [4.69, 9.17) is 5.11 Å². The minimum atomic E-state index is -0.852. The van der Waals surface area contributed by atoms with Gasteiger partial charge >= 0.3 is 5.97 Å². The Kier molecular flexibility index (Phi) is 1.95. The number of fused-ring (bicyclic) bond motifs is 1. The molecule has 1 aromatic rings. The lowest BCUT2D eigenvalue weighted by atomic mass is 10.0. The Morgan fingerprint density at radius 2 is 2.29 bits per heavy atom. The first-order valence-corrected chi connectivity index (χ1v) is 4.68. The fourth-order valence-corrected chi connectivity index (χ4v) is 2.04. The highest BCUT2D eigenvalue weighted by molar-refractivity contribution is 5.89. The molecule has 0 saturated heterocycles. The van der Waals surface area contributed by atoms with E-state index in [1.54, 1.807) is 12.1 Å². The number of hydrogen-bond acceptors (Lipinski definition) is 2. The molecule has 1 heterocycles. The Morgan fingerprint density at radius 1 is 1.57 bits per heavy atom. The van der Waals surface area contributed by atoms with Crippen LogP contribution in [0, 0.1) is 0 Å². The fraction of sp³-hybridized carbons (Fsp3) is 0.364. The van der Waals surface area contributed by atoms with E-state index in [0.717, 1.165) is 17.8 Å². The number of nitrogens with zero attached hydrogens (tertiary/aromatic N) is 1. The summed E-state index contributed by atoms with van der Waals surface area (Å²) in [5, 5.41) is 8.85. The molecule has 3 nitrogen and oxygen atoms in total. The zero-order chi connectivity index (χ0) is 10.3. The van der Waals surface area contributed by atoms with Crippen LogP contribution in [0.3, 0.4) is 0 Å². The topological polar surface area (TPSA) is 40.5 Å². The number of rotatable bonds is 1. The smallest absolute Gasteiger partial charge is 0.335 e. The highest BCUT2D eigenvalue weighted by Gasteiger charge is 2.23. The second-order valence-electron chi connectivity index (χ2n) is 3.86. The summed E-state index contributed by atoms with van der Waals surface area (Å²) >= 11 is 0. The molecule has 0 aromatic heterocycles. The quantitative estimate of drug-likeness (QED) is 0.737. The van der Waals surface area contributed by atoms with E-state index in [1.165, 1.54) is 0 Å². The molecule has 0 radical (unpaired) electrons. The lowest BCUT2D eigenvalue weighted by Crippen LogP contribution is -2.13. The lowest BCUT2D eigenvalue weighted by Gasteiger charge is -2.11. The van der Waals surface area contributed by atoms with E-state index < -0.39 is 5.97 Å². The van der Waals surface area contributed by atoms with E-state index in [2.05, 4.69) is 11.8 Å². The molecule has 1 aliphatic heterocycles. The lowest BCUT2D eigenvalue weighted by molar-refractivity contribution is 0.0697. The summed E-state index contributed by atoms with van der Waals surface area (Å²) in [6.07, 6.45) is 0. The molecule has 1 aliphatic rings. The standard InChI is InChI=1S/C11H13NO2/c1-7-6-12(2)10-4-3-8(11(13)14)5-9(7)10/h3-5,7H,6H2,1-2H3,(H,13,14). The minimum absolute atomic E-state index is 0.380. The van der Waals surface area contributed by atoms with Crippen LogP contribution in [0.2, 0.25) is 0 Å². The van der Waals surface area contributed by atoms with E-state index in [0.29, 0.717) is 11.5 Å². The molecule has 0 amide bonds. The van der Waals surface area contributed by atoms with Gasteiger partial charge in [-0.3, -0.25) is 0 Å². The van der Waals surface area contributed by atoms with Gasteiger partial charge < -0.3 is 10.0 Å². The van der Waals surface area contributed by atoms with Crippen molar-refractivity contribution in [1.29, 1.82) is 0 Å². The zero-order valence-corrected chi connectivity index (χ0v) is 8.32. The molecule has 74 valence electrons. The number of benzene rings is 1. The van der Waals surface area contributed by atoms with Gasteiger partial charge in [0.25, 0.3) is 0 Å². The summed E-state index contributed by atoms with van der Waals surface area (Å²) in [6, 6.07) is 5.34. The zero-order valence-electron chi connectivity index (χ0n) is 8.32. The number of likely N-dealkylation sites (N-methyl/N-ethyl adjacent to an activating group) is 1. The molecule has 0 bridgehead atoms. The van der Waals surface area contributed by atoms with Crippen molar-refractivity contribution in [2.75, 3.05) is 18.5 Å². The van der Waals surface area contributed by atoms with Gasteiger partial charge in [0.2, 0.25) is 0 Å². The Hall–Kier alpha value is -1.51. The molecule has 3 heteroatoms. The summed E-state index contributed by atoms with van der Waals surface area (Å²) in [5.41, 5.74) is 2.68. The van der Waals surface area contributed by atoms with Crippen LogP contribution in [-0.4, -0.2) is 24.7 Å². The molecule has 1 atom stereocenters. The molecule has 1 N–H and O–H groups in total. The number of hydrogen-bond donors (Lipinski definition) is 1. The normalized spacial score (nSPS) is 19.6. The number of carboxylic acids is 1. The van der Waals surface area contributed by atoms with Crippen LogP contribution in [-0.2, 0) is 0 Å². The third-order valence-corrected chi connectivity index (χ3v) is 2.76. The van der Waals surface area contributed by atoms with E-state index in [9.17, 15) is 4.79 Å². The Bertz CT molecular complexity index is 387. The van der Waals surface area contributed by atoms with Gasteiger partial charge in [0.05, 0.1) is 5.56 Å². The minimum Gasteiger partial charge on any atom is -0.478 e. The SMILES string of the molecule is CC1CN(C)c2ccc(C(=O)O)cc21. The van der Waals surface area contributed by atoms with Gasteiger partial charge in [0.1, 0.15) is 0 Å². The van der Waals surface area contributed by atoms with Crippen molar-refractivity contribution in [3.05, 3.63) is 29.3 Å². The van der Waals surface area contributed by atoms with Gasteiger partial charge in [-0.1, -0.05) is 6.92 Å². The van der Waals surface area contributed by atoms with Gasteiger partial charge in [0.15, 0.2) is 0 Å². The summed E-state index contributed by atoms with van der Waals surface area (Å²) in [7, 11) is 2.03. The van der Waals surface area contributed by atoms with Gasteiger partial charge in [-0.15, -0.1) is 0 Å². The number of carboxylic acid groups (broad SMARTS) is 1. The summed E-state index contributed by atoms with van der Waals surface area (Å²) < 4.78 is 0. The number of aromatic carboxylic acids is 1. The first-order valence-electron chi connectivity index (χ1n) is 4.68. The van der Waals surface area contributed by atoms with Crippen molar-refractivity contribution in [3.8, 4) is 0 Å². The first kappa shape index (κ1) is 9.06. The van der Waals surface area contributed by atoms with Crippen molar-refractivity contribution in [1.82, 2.24) is 0 Å². The maximum Gasteiger partial charge on any atom is 0.335 e. The molecule has 2 rings (SSSR count). The van der Waals surface area contributed by atoms with Crippen LogP contribution in [0.25, 0.3) is 0 Å². The van der Waals surface area contributed by atoms with Crippen LogP contribution in [0.1, 0.15) is 28.8 Å². The Balaban J connectivity index is 2.50. The van der Waals surface area contributed by atoms with Crippen molar-refractivity contribution in [3.63, 3.8) is 0 Å². The van der Waals surface area contributed by atoms with Crippen molar-refractivity contribution in [2.24, 2.45) is 0 Å². The van der Waals surface area contributed by atoms with Crippen LogP contribution >= 0.6 is 0 Å². The van der Waals surface area contributed by atoms with E-state index in [1.807, 2.05) is 13.1 Å². The summed E-state index contributed by atoms with van der Waals surface area (Å²) in [4.78, 5) is 12.9. The molecular weight excluding hydrogens is 178 g/mol. The number of carbonyl (C=O) groups is 1. The highest BCUT2D eigenvalue weighted by Crippen LogP contribution is 2.35. The average Bonchev–Trinajstić information content (AvgIpc) is 2.42. The Labute approximate surface area is 83.0 Å². The molecule has 14 heavy (non-hydrogen) atoms. The van der Waals surface area contributed by atoms with Crippen molar-refractivity contribution >= 4 is 11.7 Å². The van der Waals surface area contributed by atoms with E-state index >= 15 is 0 Å². The van der Waals surface area contributed by atoms with Gasteiger partial charge in [-0.25, -0.2) is 4.79 Å². The van der Waals surface area contributed by atoms with E-state index in [-0.39, 0.29) is 0 Å². The van der Waals surface area contributed by atoms with Crippen molar-refractivity contribution < 1.29 is 9.90 Å². The number of anilines is 1. The van der Waals surface area contributed by atoms with Crippen LogP contribution < -0.4 is 4.90 Å². The highest BCUT2D eigenvalue weighted by atomic mass is 16.4. The average molecular weight is 191 g/mol. The first-order chi connectivity index (χ1) is 6.59. The second-order valence-corrected chi connectivity index (χ2v) is 3.86. The second kappa shape index (κ2) is 3.01. The molecular formula is C11H13NO2.